The summed E-state index contributed by atoms with van der Waals surface area (Å²) in [6.07, 6.45) is 3.63. The van der Waals surface area contributed by atoms with Crippen LogP contribution >= 0.6 is 11.6 Å². The summed E-state index contributed by atoms with van der Waals surface area (Å²) in [5.74, 6) is 0.399. The quantitative estimate of drug-likeness (QED) is 0.855. The molecule has 1 atom stereocenters. The number of aliphatic hydroxyl groups is 1. The van der Waals surface area contributed by atoms with Crippen molar-refractivity contribution in [3.63, 3.8) is 0 Å². The third kappa shape index (κ3) is 4.15. The van der Waals surface area contributed by atoms with Gasteiger partial charge in [-0.2, -0.15) is 5.26 Å². The van der Waals surface area contributed by atoms with E-state index in [1.165, 1.54) is 12.4 Å². The fraction of sp³-hybridized carbons (Fsp3) is 0.267. The number of nitrogens with one attached hydrogen (secondary N) is 1. The Bertz CT molecular complexity index is 642. The SMILES string of the molecule is N#Cc1nccnc1NCC(CO)Cc1ccccc1Cl. The molecule has 108 valence electrons. The predicted octanol–water partition coefficient (Wildman–Crippen LogP) is 2.26. The number of aromatic nitrogens is 2. The highest BCUT2D eigenvalue weighted by Crippen LogP contribution is 2.19. The van der Waals surface area contributed by atoms with E-state index >= 15 is 0 Å². The molecule has 0 aliphatic rings. The number of hydrogen-bond donors (Lipinski definition) is 2. The Kier molecular flexibility index (Phi) is 5.50. The van der Waals surface area contributed by atoms with Gasteiger partial charge in [-0.1, -0.05) is 29.8 Å². The molecule has 0 fully saturated rings. The van der Waals surface area contributed by atoms with Gasteiger partial charge in [-0.05, 0) is 18.1 Å². The minimum Gasteiger partial charge on any atom is -0.396 e. The highest BCUT2D eigenvalue weighted by molar-refractivity contribution is 6.31. The minimum atomic E-state index is -0.0292. The van der Waals surface area contributed by atoms with Crippen molar-refractivity contribution in [2.75, 3.05) is 18.5 Å². The third-order valence-electron chi connectivity index (χ3n) is 3.09. The van der Waals surface area contributed by atoms with Crippen LogP contribution in [0.15, 0.2) is 36.7 Å². The first-order valence-corrected chi connectivity index (χ1v) is 6.91. The fourth-order valence-corrected chi connectivity index (χ4v) is 2.18. The van der Waals surface area contributed by atoms with Crippen molar-refractivity contribution in [1.82, 2.24) is 9.97 Å². The van der Waals surface area contributed by atoms with Crippen molar-refractivity contribution in [3.05, 3.63) is 52.9 Å². The van der Waals surface area contributed by atoms with E-state index in [9.17, 15) is 5.11 Å². The maximum atomic E-state index is 9.50. The molecule has 0 bridgehead atoms. The van der Waals surface area contributed by atoms with E-state index in [-0.39, 0.29) is 18.2 Å². The maximum Gasteiger partial charge on any atom is 0.182 e. The van der Waals surface area contributed by atoms with E-state index in [1.54, 1.807) is 0 Å². The Hall–Kier alpha value is -2.16. The summed E-state index contributed by atoms with van der Waals surface area (Å²) in [5, 5.41) is 22.2. The van der Waals surface area contributed by atoms with Crippen LogP contribution in [-0.4, -0.2) is 28.2 Å². The molecule has 1 aromatic heterocycles. The van der Waals surface area contributed by atoms with Crippen LogP contribution in [-0.2, 0) is 6.42 Å². The molecule has 1 aromatic carbocycles. The van der Waals surface area contributed by atoms with Crippen LogP contribution in [0.25, 0.3) is 0 Å². The first kappa shape index (κ1) is 15.2. The van der Waals surface area contributed by atoms with Gasteiger partial charge in [-0.3, -0.25) is 0 Å². The van der Waals surface area contributed by atoms with E-state index in [0.29, 0.717) is 23.8 Å². The summed E-state index contributed by atoms with van der Waals surface area (Å²) in [6, 6.07) is 9.53. The molecule has 0 saturated carbocycles. The number of anilines is 1. The minimum absolute atomic E-state index is 0.0143. The lowest BCUT2D eigenvalue weighted by Gasteiger charge is -2.16. The number of hydrogen-bond acceptors (Lipinski definition) is 5. The van der Waals surface area contributed by atoms with Gasteiger partial charge in [0.1, 0.15) is 6.07 Å². The summed E-state index contributed by atoms with van der Waals surface area (Å²) >= 11 is 6.12. The van der Waals surface area contributed by atoms with Crippen molar-refractivity contribution >= 4 is 17.4 Å². The van der Waals surface area contributed by atoms with Gasteiger partial charge in [0.05, 0.1) is 0 Å². The predicted molar refractivity (Wildman–Crippen MR) is 81.0 cm³/mol. The standard InChI is InChI=1S/C15H15ClN4O/c16-13-4-2-1-3-12(13)7-11(10-21)9-20-15-14(8-17)18-5-6-19-15/h1-6,11,21H,7,9-10H2,(H,19,20). The van der Waals surface area contributed by atoms with E-state index in [0.717, 1.165) is 5.56 Å². The molecule has 0 saturated heterocycles. The van der Waals surface area contributed by atoms with Gasteiger partial charge in [0, 0.05) is 36.5 Å². The Balaban J connectivity index is 2.00. The molecule has 0 aliphatic heterocycles. The van der Waals surface area contributed by atoms with Crippen LogP contribution < -0.4 is 5.32 Å². The maximum absolute atomic E-state index is 9.50. The Labute approximate surface area is 128 Å². The Morgan fingerprint density at radius 2 is 2.05 bits per heavy atom. The van der Waals surface area contributed by atoms with Crippen LogP contribution in [0, 0.1) is 17.2 Å². The van der Waals surface area contributed by atoms with E-state index in [2.05, 4.69) is 15.3 Å². The first-order valence-electron chi connectivity index (χ1n) is 6.53. The number of nitriles is 1. The molecule has 0 radical (unpaired) electrons. The molecular weight excluding hydrogens is 288 g/mol. The van der Waals surface area contributed by atoms with Gasteiger partial charge in [0.15, 0.2) is 11.5 Å². The van der Waals surface area contributed by atoms with Crippen molar-refractivity contribution in [2.45, 2.75) is 6.42 Å². The molecule has 0 amide bonds. The molecule has 1 unspecified atom stereocenters. The van der Waals surface area contributed by atoms with Gasteiger partial charge in [0.2, 0.25) is 0 Å². The molecule has 6 heteroatoms. The van der Waals surface area contributed by atoms with Crippen molar-refractivity contribution in [1.29, 1.82) is 5.26 Å². The Morgan fingerprint density at radius 3 is 2.76 bits per heavy atom. The average Bonchev–Trinajstić information content (AvgIpc) is 2.53. The van der Waals surface area contributed by atoms with E-state index < -0.39 is 0 Å². The zero-order valence-electron chi connectivity index (χ0n) is 11.3. The van der Waals surface area contributed by atoms with Crippen LogP contribution in [0.3, 0.4) is 0 Å². The van der Waals surface area contributed by atoms with Crippen LogP contribution in [0.5, 0.6) is 0 Å². The van der Waals surface area contributed by atoms with Crippen molar-refractivity contribution in [3.8, 4) is 6.07 Å². The van der Waals surface area contributed by atoms with Crippen LogP contribution in [0.1, 0.15) is 11.3 Å². The van der Waals surface area contributed by atoms with Gasteiger partial charge in [0.25, 0.3) is 0 Å². The second-order valence-electron chi connectivity index (χ2n) is 4.59. The summed E-state index contributed by atoms with van der Waals surface area (Å²) in [4.78, 5) is 8.01. The van der Waals surface area contributed by atoms with Crippen LogP contribution in [0.2, 0.25) is 5.02 Å². The monoisotopic (exact) mass is 302 g/mol. The van der Waals surface area contributed by atoms with Gasteiger partial charge < -0.3 is 10.4 Å². The number of rotatable bonds is 6. The van der Waals surface area contributed by atoms with Crippen molar-refractivity contribution < 1.29 is 5.11 Å². The largest absolute Gasteiger partial charge is 0.396 e. The summed E-state index contributed by atoms with van der Waals surface area (Å²) in [5.41, 5.74) is 1.23. The lowest BCUT2D eigenvalue weighted by atomic mass is 10.00. The number of halogens is 1. The molecular formula is C15H15ClN4O. The molecule has 5 nitrogen and oxygen atoms in total. The van der Waals surface area contributed by atoms with Gasteiger partial charge in [-0.15, -0.1) is 0 Å². The molecule has 2 rings (SSSR count). The molecule has 0 aliphatic carbocycles. The van der Waals surface area contributed by atoms with E-state index in [1.807, 2.05) is 30.3 Å². The molecule has 0 spiro atoms. The second-order valence-corrected chi connectivity index (χ2v) is 5.00. The smallest absolute Gasteiger partial charge is 0.182 e. The zero-order valence-corrected chi connectivity index (χ0v) is 12.1. The topological polar surface area (TPSA) is 81.8 Å². The summed E-state index contributed by atoms with van der Waals surface area (Å²) in [6.45, 7) is 0.496. The lowest BCUT2D eigenvalue weighted by Crippen LogP contribution is -2.21. The van der Waals surface area contributed by atoms with Gasteiger partial charge >= 0.3 is 0 Å². The zero-order chi connectivity index (χ0) is 15.1. The average molecular weight is 303 g/mol. The van der Waals surface area contributed by atoms with E-state index in [4.69, 9.17) is 16.9 Å². The van der Waals surface area contributed by atoms with Crippen molar-refractivity contribution in [2.24, 2.45) is 5.92 Å². The highest BCUT2D eigenvalue weighted by Gasteiger charge is 2.12. The Morgan fingerprint density at radius 1 is 1.29 bits per heavy atom. The third-order valence-corrected chi connectivity index (χ3v) is 3.46. The fourth-order valence-electron chi connectivity index (χ4n) is 1.97. The lowest BCUT2D eigenvalue weighted by molar-refractivity contribution is 0.232. The first-order chi connectivity index (χ1) is 10.2. The molecule has 2 N–H and O–H groups in total. The number of nitrogens with zero attached hydrogens (tertiary/aromatic N) is 3. The summed E-state index contributed by atoms with van der Waals surface area (Å²) in [7, 11) is 0. The normalized spacial score (nSPS) is 11.7. The molecule has 1 heterocycles. The molecule has 21 heavy (non-hydrogen) atoms. The molecule has 2 aromatic rings. The number of aliphatic hydroxyl groups excluding tert-OH is 1. The van der Waals surface area contributed by atoms with Gasteiger partial charge in [-0.25, -0.2) is 9.97 Å². The van der Waals surface area contributed by atoms with Crippen LogP contribution in [0.4, 0.5) is 5.82 Å². The second kappa shape index (κ2) is 7.58. The highest BCUT2D eigenvalue weighted by atomic mass is 35.5. The number of benzene rings is 1. The summed E-state index contributed by atoms with van der Waals surface area (Å²) < 4.78 is 0.